The molecule has 0 aliphatic rings. The maximum atomic E-state index is 8.81. The molecule has 0 aliphatic carbocycles. The number of hydrogen-bond acceptors (Lipinski definition) is 3. The van der Waals surface area contributed by atoms with Crippen molar-refractivity contribution < 1.29 is 5.11 Å². The van der Waals surface area contributed by atoms with Crippen LogP contribution in [0.5, 0.6) is 0 Å². The van der Waals surface area contributed by atoms with E-state index in [1.807, 2.05) is 6.07 Å². The summed E-state index contributed by atoms with van der Waals surface area (Å²) in [7, 11) is 0. The third-order valence-electron chi connectivity index (χ3n) is 2.58. The van der Waals surface area contributed by atoms with Gasteiger partial charge in [-0.05, 0) is 45.2 Å². The zero-order valence-electron chi connectivity index (χ0n) is 9.87. The number of halogens is 1. The second kappa shape index (κ2) is 7.28. The molecule has 1 heterocycles. The molecule has 4 heteroatoms. The zero-order chi connectivity index (χ0) is 12.0. The molecule has 2 atom stereocenters. The van der Waals surface area contributed by atoms with Crippen molar-refractivity contribution in [3.05, 3.63) is 21.3 Å². The van der Waals surface area contributed by atoms with E-state index in [-0.39, 0.29) is 6.61 Å². The molecule has 92 valence electrons. The van der Waals surface area contributed by atoms with Crippen LogP contribution in [0.25, 0.3) is 0 Å². The van der Waals surface area contributed by atoms with Crippen LogP contribution in [0.3, 0.4) is 0 Å². The Morgan fingerprint density at radius 2 is 2.00 bits per heavy atom. The minimum absolute atomic E-state index is 0.251. The smallest absolute Gasteiger partial charge is 0.0931 e. The van der Waals surface area contributed by atoms with E-state index in [9.17, 15) is 0 Å². The first-order valence-electron chi connectivity index (χ1n) is 5.73. The summed E-state index contributed by atoms with van der Waals surface area (Å²) in [4.78, 5) is 1.34. The number of rotatable bonds is 7. The number of aliphatic hydroxyl groups excluding tert-OH is 1. The molecule has 0 bridgehead atoms. The largest absolute Gasteiger partial charge is 0.396 e. The average Bonchev–Trinajstić information content (AvgIpc) is 2.61. The molecular formula is C12H20ClNOS. The van der Waals surface area contributed by atoms with Crippen molar-refractivity contribution in [3.63, 3.8) is 0 Å². The Bertz CT molecular complexity index is 303. The molecule has 1 aromatic rings. The molecule has 0 aromatic carbocycles. The summed E-state index contributed by atoms with van der Waals surface area (Å²) >= 11 is 7.53. The van der Waals surface area contributed by atoms with Crippen molar-refractivity contribution in [2.24, 2.45) is 0 Å². The van der Waals surface area contributed by atoms with Crippen molar-refractivity contribution in [1.29, 1.82) is 0 Å². The van der Waals surface area contributed by atoms with Gasteiger partial charge in [0.15, 0.2) is 0 Å². The predicted molar refractivity (Wildman–Crippen MR) is 71.4 cm³/mol. The minimum Gasteiger partial charge on any atom is -0.396 e. The molecule has 0 spiro atoms. The number of thiophene rings is 1. The Balaban J connectivity index is 2.22. The van der Waals surface area contributed by atoms with E-state index in [1.165, 1.54) is 4.88 Å². The van der Waals surface area contributed by atoms with Gasteiger partial charge >= 0.3 is 0 Å². The number of aliphatic hydroxyl groups is 1. The van der Waals surface area contributed by atoms with Crippen LogP contribution in [0, 0.1) is 0 Å². The normalized spacial score (nSPS) is 15.0. The quantitative estimate of drug-likeness (QED) is 0.791. The molecule has 0 fully saturated rings. The van der Waals surface area contributed by atoms with Gasteiger partial charge in [0.25, 0.3) is 0 Å². The van der Waals surface area contributed by atoms with Crippen LogP contribution >= 0.6 is 22.9 Å². The van der Waals surface area contributed by atoms with Gasteiger partial charge in [0.2, 0.25) is 0 Å². The highest BCUT2D eigenvalue weighted by Crippen LogP contribution is 2.22. The van der Waals surface area contributed by atoms with Gasteiger partial charge in [0.1, 0.15) is 0 Å². The van der Waals surface area contributed by atoms with Crippen LogP contribution in [-0.4, -0.2) is 23.8 Å². The van der Waals surface area contributed by atoms with Gasteiger partial charge in [0, 0.05) is 23.6 Å². The lowest BCUT2D eigenvalue weighted by molar-refractivity contribution is 0.263. The van der Waals surface area contributed by atoms with E-state index in [1.54, 1.807) is 11.3 Å². The van der Waals surface area contributed by atoms with Gasteiger partial charge < -0.3 is 10.4 Å². The molecule has 2 N–H and O–H groups in total. The monoisotopic (exact) mass is 261 g/mol. The van der Waals surface area contributed by atoms with Crippen LogP contribution in [0.2, 0.25) is 4.34 Å². The molecule has 16 heavy (non-hydrogen) atoms. The van der Waals surface area contributed by atoms with E-state index in [0.29, 0.717) is 12.1 Å². The lowest BCUT2D eigenvalue weighted by atomic mass is 10.1. The van der Waals surface area contributed by atoms with Crippen molar-refractivity contribution in [3.8, 4) is 0 Å². The van der Waals surface area contributed by atoms with Crippen LogP contribution in [-0.2, 0) is 6.42 Å². The van der Waals surface area contributed by atoms with Crippen molar-refractivity contribution in [1.82, 2.24) is 5.32 Å². The Morgan fingerprint density at radius 3 is 2.56 bits per heavy atom. The third kappa shape index (κ3) is 5.30. The maximum Gasteiger partial charge on any atom is 0.0931 e. The third-order valence-corrected chi connectivity index (χ3v) is 3.87. The van der Waals surface area contributed by atoms with Gasteiger partial charge in [0.05, 0.1) is 4.34 Å². The summed E-state index contributed by atoms with van der Waals surface area (Å²) < 4.78 is 0.865. The first-order chi connectivity index (χ1) is 7.61. The van der Waals surface area contributed by atoms with Crippen LogP contribution < -0.4 is 5.32 Å². The topological polar surface area (TPSA) is 32.3 Å². The zero-order valence-corrected chi connectivity index (χ0v) is 11.4. The van der Waals surface area contributed by atoms with E-state index in [4.69, 9.17) is 16.7 Å². The lowest BCUT2D eigenvalue weighted by Gasteiger charge is -2.18. The van der Waals surface area contributed by atoms with Gasteiger partial charge in [-0.25, -0.2) is 0 Å². The summed E-state index contributed by atoms with van der Waals surface area (Å²) in [6, 6.07) is 4.90. The molecule has 1 rings (SSSR count). The average molecular weight is 262 g/mol. The van der Waals surface area contributed by atoms with Crippen molar-refractivity contribution >= 4 is 22.9 Å². The van der Waals surface area contributed by atoms with Crippen molar-refractivity contribution in [2.45, 2.75) is 45.2 Å². The Labute approximate surface area is 107 Å². The molecule has 0 saturated heterocycles. The molecule has 0 amide bonds. The molecule has 1 aromatic heterocycles. The fraction of sp³-hybridized carbons (Fsp3) is 0.667. The molecule has 1 unspecified atom stereocenters. The minimum atomic E-state index is 0.251. The predicted octanol–water partition coefficient (Wildman–Crippen LogP) is 3.08. The SMILES string of the molecule is CC(CCc1ccc(Cl)s1)N[C@H](C)CCO. The molecule has 0 aliphatic heterocycles. The summed E-state index contributed by atoms with van der Waals surface area (Å²) in [6.45, 7) is 4.54. The van der Waals surface area contributed by atoms with Crippen molar-refractivity contribution in [2.75, 3.05) is 6.61 Å². The second-order valence-electron chi connectivity index (χ2n) is 4.23. The Morgan fingerprint density at radius 1 is 1.31 bits per heavy atom. The number of nitrogens with one attached hydrogen (secondary N) is 1. The van der Waals surface area contributed by atoms with E-state index in [2.05, 4.69) is 25.2 Å². The highest BCUT2D eigenvalue weighted by atomic mass is 35.5. The highest BCUT2D eigenvalue weighted by molar-refractivity contribution is 7.16. The summed E-state index contributed by atoms with van der Waals surface area (Å²) in [5.74, 6) is 0. The van der Waals surface area contributed by atoms with E-state index in [0.717, 1.165) is 23.6 Å². The van der Waals surface area contributed by atoms with Gasteiger partial charge in [-0.3, -0.25) is 0 Å². The Kier molecular flexibility index (Phi) is 6.36. The number of hydrogen-bond donors (Lipinski definition) is 2. The highest BCUT2D eigenvalue weighted by Gasteiger charge is 2.07. The lowest BCUT2D eigenvalue weighted by Crippen LogP contribution is -2.35. The Hall–Kier alpha value is -0.0900. The molecule has 0 saturated carbocycles. The first kappa shape index (κ1) is 14.0. The fourth-order valence-corrected chi connectivity index (χ4v) is 2.79. The second-order valence-corrected chi connectivity index (χ2v) is 6.03. The van der Waals surface area contributed by atoms with Crippen LogP contribution in [0.15, 0.2) is 12.1 Å². The molecular weight excluding hydrogens is 242 g/mol. The molecule has 2 nitrogen and oxygen atoms in total. The summed E-state index contributed by atoms with van der Waals surface area (Å²) in [6.07, 6.45) is 2.99. The number of aryl methyl sites for hydroxylation is 1. The van der Waals surface area contributed by atoms with Gasteiger partial charge in [-0.2, -0.15) is 0 Å². The maximum absolute atomic E-state index is 8.81. The van der Waals surface area contributed by atoms with Crippen LogP contribution in [0.4, 0.5) is 0 Å². The molecule has 0 radical (unpaired) electrons. The van der Waals surface area contributed by atoms with E-state index >= 15 is 0 Å². The summed E-state index contributed by atoms with van der Waals surface area (Å²) in [5.41, 5.74) is 0. The van der Waals surface area contributed by atoms with E-state index < -0.39 is 0 Å². The van der Waals surface area contributed by atoms with Gasteiger partial charge in [-0.15, -0.1) is 11.3 Å². The standard InChI is InChI=1S/C12H20ClNOS/c1-9(14-10(2)7-8-15)3-4-11-5-6-12(13)16-11/h5-6,9-10,14-15H,3-4,7-8H2,1-2H3/t9?,10-/m1/s1. The van der Waals surface area contributed by atoms with Crippen LogP contribution in [0.1, 0.15) is 31.6 Å². The van der Waals surface area contributed by atoms with Gasteiger partial charge in [-0.1, -0.05) is 11.6 Å². The fourth-order valence-electron chi connectivity index (χ4n) is 1.69. The summed E-state index contributed by atoms with van der Waals surface area (Å²) in [5, 5.41) is 12.3. The first-order valence-corrected chi connectivity index (χ1v) is 6.92.